The lowest BCUT2D eigenvalue weighted by Gasteiger charge is -2.30. The van der Waals surface area contributed by atoms with Gasteiger partial charge in [0.05, 0.1) is 0 Å². The van der Waals surface area contributed by atoms with Crippen LogP contribution in [0.1, 0.15) is 24.1 Å². The van der Waals surface area contributed by atoms with Crippen LogP contribution in [0, 0.1) is 12.8 Å². The summed E-state index contributed by atoms with van der Waals surface area (Å²) in [6.45, 7) is 3.25. The molecular weight excluding hydrogens is 230 g/mol. The molecule has 98 valence electrons. The van der Waals surface area contributed by atoms with Crippen molar-refractivity contribution in [2.75, 3.05) is 18.8 Å². The molecule has 0 spiro atoms. The first-order valence-corrected chi connectivity index (χ1v) is 6.26. The van der Waals surface area contributed by atoms with Crippen LogP contribution in [0.15, 0.2) is 12.1 Å². The minimum Gasteiger partial charge on any atom is -0.465 e. The number of anilines is 1. The average molecular weight is 249 g/mol. The Kier molecular flexibility index (Phi) is 3.69. The Morgan fingerprint density at radius 2 is 2.17 bits per heavy atom. The quantitative estimate of drug-likeness (QED) is 0.839. The number of aromatic nitrogens is 1. The van der Waals surface area contributed by atoms with Gasteiger partial charge in [-0.1, -0.05) is 6.07 Å². The molecule has 1 saturated heterocycles. The number of carbonyl (C=O) groups is 1. The van der Waals surface area contributed by atoms with Gasteiger partial charge in [0, 0.05) is 18.8 Å². The third-order valence-electron chi connectivity index (χ3n) is 3.61. The Balaban J connectivity index is 1.93. The van der Waals surface area contributed by atoms with Crippen LogP contribution in [0.3, 0.4) is 0 Å². The molecule has 0 radical (unpaired) electrons. The molecule has 0 aliphatic carbocycles. The summed E-state index contributed by atoms with van der Waals surface area (Å²) < 4.78 is 0. The predicted octanol–water partition coefficient (Wildman–Crippen LogP) is 1.90. The molecule has 3 N–H and O–H groups in total. The summed E-state index contributed by atoms with van der Waals surface area (Å²) in [5.74, 6) is 1.10. The van der Waals surface area contributed by atoms with E-state index in [-0.39, 0.29) is 0 Å². The SMILES string of the molecule is Cc1nc(N)ccc1CC1CCN(C(=O)O)CC1. The molecule has 0 saturated carbocycles. The Morgan fingerprint density at radius 1 is 1.50 bits per heavy atom. The van der Waals surface area contributed by atoms with Gasteiger partial charge >= 0.3 is 6.09 Å². The molecule has 1 aliphatic heterocycles. The van der Waals surface area contributed by atoms with E-state index in [2.05, 4.69) is 4.98 Å². The van der Waals surface area contributed by atoms with Gasteiger partial charge in [0.1, 0.15) is 5.82 Å². The summed E-state index contributed by atoms with van der Waals surface area (Å²) in [5.41, 5.74) is 7.83. The van der Waals surface area contributed by atoms with Crippen molar-refractivity contribution in [1.82, 2.24) is 9.88 Å². The molecular formula is C13H19N3O2. The fraction of sp³-hybridized carbons (Fsp3) is 0.538. The monoisotopic (exact) mass is 249 g/mol. The lowest BCUT2D eigenvalue weighted by atomic mass is 9.90. The Bertz CT molecular complexity index is 440. The molecule has 2 heterocycles. The molecule has 2 rings (SSSR count). The highest BCUT2D eigenvalue weighted by atomic mass is 16.4. The molecule has 1 amide bonds. The Labute approximate surface area is 107 Å². The van der Waals surface area contributed by atoms with Gasteiger partial charge in [-0.25, -0.2) is 9.78 Å². The molecule has 1 aliphatic rings. The molecule has 0 atom stereocenters. The van der Waals surface area contributed by atoms with Crippen molar-refractivity contribution in [3.05, 3.63) is 23.4 Å². The van der Waals surface area contributed by atoms with E-state index in [9.17, 15) is 4.79 Å². The highest BCUT2D eigenvalue weighted by Crippen LogP contribution is 2.23. The molecule has 0 unspecified atom stereocenters. The van der Waals surface area contributed by atoms with Crippen molar-refractivity contribution in [1.29, 1.82) is 0 Å². The smallest absolute Gasteiger partial charge is 0.407 e. The number of nitrogens with two attached hydrogens (primary N) is 1. The summed E-state index contributed by atoms with van der Waals surface area (Å²) in [6.07, 6.45) is 2.01. The van der Waals surface area contributed by atoms with E-state index in [0.717, 1.165) is 25.0 Å². The number of pyridine rings is 1. The van der Waals surface area contributed by atoms with Crippen molar-refractivity contribution in [2.24, 2.45) is 5.92 Å². The Hall–Kier alpha value is -1.78. The standard InChI is InChI=1S/C13H19N3O2/c1-9-11(2-3-12(14)15-9)8-10-4-6-16(7-5-10)13(17)18/h2-3,10H,4-8H2,1H3,(H2,14,15)(H,17,18). The van der Waals surface area contributed by atoms with Crippen LogP contribution < -0.4 is 5.73 Å². The van der Waals surface area contributed by atoms with E-state index in [0.29, 0.717) is 24.8 Å². The van der Waals surface area contributed by atoms with Crippen molar-refractivity contribution in [3.63, 3.8) is 0 Å². The van der Waals surface area contributed by atoms with E-state index < -0.39 is 6.09 Å². The number of likely N-dealkylation sites (tertiary alicyclic amines) is 1. The third-order valence-corrected chi connectivity index (χ3v) is 3.61. The summed E-state index contributed by atoms with van der Waals surface area (Å²) >= 11 is 0. The highest BCUT2D eigenvalue weighted by Gasteiger charge is 2.22. The zero-order valence-electron chi connectivity index (χ0n) is 10.6. The largest absolute Gasteiger partial charge is 0.465 e. The number of nitrogens with zero attached hydrogens (tertiary/aromatic N) is 2. The van der Waals surface area contributed by atoms with Crippen molar-refractivity contribution in [3.8, 4) is 0 Å². The molecule has 1 aromatic heterocycles. The summed E-state index contributed by atoms with van der Waals surface area (Å²) in [7, 11) is 0. The van der Waals surface area contributed by atoms with Crippen molar-refractivity contribution in [2.45, 2.75) is 26.2 Å². The van der Waals surface area contributed by atoms with Crippen LogP contribution in [0.2, 0.25) is 0 Å². The lowest BCUT2D eigenvalue weighted by Crippen LogP contribution is -2.37. The maximum Gasteiger partial charge on any atom is 0.407 e. The molecule has 5 heteroatoms. The molecule has 5 nitrogen and oxygen atoms in total. The van der Waals surface area contributed by atoms with E-state index in [1.165, 1.54) is 10.5 Å². The van der Waals surface area contributed by atoms with Crippen LogP contribution in [0.4, 0.5) is 10.6 Å². The minimum absolute atomic E-state index is 0.546. The normalized spacial score (nSPS) is 16.8. The maximum absolute atomic E-state index is 10.8. The summed E-state index contributed by atoms with van der Waals surface area (Å²) in [4.78, 5) is 16.6. The minimum atomic E-state index is -0.807. The van der Waals surface area contributed by atoms with Gasteiger partial charge in [-0.15, -0.1) is 0 Å². The van der Waals surface area contributed by atoms with Gasteiger partial charge in [-0.3, -0.25) is 0 Å². The van der Waals surface area contributed by atoms with Crippen LogP contribution in [-0.4, -0.2) is 34.2 Å². The lowest BCUT2D eigenvalue weighted by molar-refractivity contribution is 0.124. The van der Waals surface area contributed by atoms with E-state index in [1.54, 1.807) is 0 Å². The van der Waals surface area contributed by atoms with Crippen LogP contribution in [0.25, 0.3) is 0 Å². The number of hydrogen-bond acceptors (Lipinski definition) is 3. The number of carboxylic acid groups (broad SMARTS) is 1. The second-order valence-electron chi connectivity index (χ2n) is 4.90. The molecule has 1 aromatic rings. The molecule has 1 fully saturated rings. The van der Waals surface area contributed by atoms with Crippen LogP contribution in [0.5, 0.6) is 0 Å². The molecule has 18 heavy (non-hydrogen) atoms. The first kappa shape index (κ1) is 12.7. The fourth-order valence-electron chi connectivity index (χ4n) is 2.46. The van der Waals surface area contributed by atoms with E-state index >= 15 is 0 Å². The third kappa shape index (κ3) is 2.91. The van der Waals surface area contributed by atoms with Crippen molar-refractivity contribution < 1.29 is 9.90 Å². The summed E-state index contributed by atoms with van der Waals surface area (Å²) in [6, 6.07) is 3.86. The van der Waals surface area contributed by atoms with Gasteiger partial charge in [0.25, 0.3) is 0 Å². The predicted molar refractivity (Wildman–Crippen MR) is 69.4 cm³/mol. The highest BCUT2D eigenvalue weighted by molar-refractivity contribution is 5.64. The average Bonchev–Trinajstić information content (AvgIpc) is 2.33. The number of hydrogen-bond donors (Lipinski definition) is 2. The number of rotatable bonds is 2. The molecule has 0 aromatic carbocycles. The first-order chi connectivity index (χ1) is 8.56. The van der Waals surface area contributed by atoms with Gasteiger partial charge in [-0.05, 0) is 43.7 Å². The zero-order valence-corrected chi connectivity index (χ0v) is 10.6. The topological polar surface area (TPSA) is 79.5 Å². The van der Waals surface area contributed by atoms with Gasteiger partial charge in [-0.2, -0.15) is 0 Å². The van der Waals surface area contributed by atoms with Gasteiger partial charge < -0.3 is 15.7 Å². The van der Waals surface area contributed by atoms with E-state index in [1.807, 2.05) is 19.1 Å². The summed E-state index contributed by atoms with van der Waals surface area (Å²) in [5, 5.41) is 8.89. The first-order valence-electron chi connectivity index (χ1n) is 6.26. The fourth-order valence-corrected chi connectivity index (χ4v) is 2.46. The van der Waals surface area contributed by atoms with Gasteiger partial charge in [0.2, 0.25) is 0 Å². The number of amides is 1. The zero-order chi connectivity index (χ0) is 13.1. The number of nitrogen functional groups attached to an aromatic ring is 1. The number of aryl methyl sites for hydroxylation is 1. The van der Waals surface area contributed by atoms with Crippen LogP contribution >= 0.6 is 0 Å². The van der Waals surface area contributed by atoms with Gasteiger partial charge in [0.15, 0.2) is 0 Å². The van der Waals surface area contributed by atoms with Crippen LogP contribution in [-0.2, 0) is 6.42 Å². The van der Waals surface area contributed by atoms with E-state index in [4.69, 9.17) is 10.8 Å². The second-order valence-corrected chi connectivity index (χ2v) is 4.90. The second kappa shape index (κ2) is 5.25. The molecule has 0 bridgehead atoms. The number of piperidine rings is 1. The van der Waals surface area contributed by atoms with Crippen molar-refractivity contribution >= 4 is 11.9 Å². The maximum atomic E-state index is 10.8. The Morgan fingerprint density at radius 3 is 2.72 bits per heavy atom.